The van der Waals surface area contributed by atoms with E-state index in [1.165, 1.54) is 57.1 Å². The number of aliphatic hydroxyl groups is 2. The fourth-order valence-corrected chi connectivity index (χ4v) is 10.7. The Labute approximate surface area is 399 Å². The van der Waals surface area contributed by atoms with Crippen LogP contribution in [0.4, 0.5) is 9.18 Å². The minimum Gasteiger partial charge on any atom is -0.490 e. The van der Waals surface area contributed by atoms with Crippen LogP contribution >= 0.6 is 0 Å². The molecular weight excluding hydrogens is 852 g/mol. The highest BCUT2D eigenvalue weighted by atomic mass is 19.1. The molecule has 0 aromatic heterocycles. The van der Waals surface area contributed by atoms with Gasteiger partial charge in [-0.25, -0.2) is 9.18 Å². The molecule has 67 heavy (non-hydrogen) atoms. The van der Waals surface area contributed by atoms with Gasteiger partial charge < -0.3 is 38.7 Å². The Morgan fingerprint density at radius 2 is 1.61 bits per heavy atom. The summed E-state index contributed by atoms with van der Waals surface area (Å²) in [5.41, 5.74) is 3.28. The predicted octanol–water partition coefficient (Wildman–Crippen LogP) is 12.1. The zero-order chi connectivity index (χ0) is 47.3. The number of allylic oxidation sites excluding steroid dienone is 1. The van der Waals surface area contributed by atoms with Crippen molar-refractivity contribution < 1.29 is 47.9 Å². The Morgan fingerprint density at radius 3 is 2.30 bits per heavy atom. The number of carbonyl (C=O) groups is 1. The number of amides is 1. The Morgan fingerprint density at radius 1 is 0.896 bits per heavy atom. The van der Waals surface area contributed by atoms with Gasteiger partial charge in [0.2, 0.25) is 12.1 Å². The molecule has 12 heteroatoms. The number of hydrogen-bond donors (Lipinski definition) is 2. The summed E-state index contributed by atoms with van der Waals surface area (Å²) in [6, 6.07) is 11.3. The number of fused-ring (bicyclic) bond motifs is 2. The van der Waals surface area contributed by atoms with Gasteiger partial charge in [0.25, 0.3) is 0 Å². The first kappa shape index (κ1) is 52.1. The van der Waals surface area contributed by atoms with E-state index in [2.05, 4.69) is 32.2 Å². The largest absolute Gasteiger partial charge is 0.490 e. The SMILES string of the molecule is C=CCOc1ccc2c(c1)[C@H]1[C@H](CCCCO)[C@@H](CCCCO)C=C3C(=NOC4CCCCO4)C[C@H](N(Cc4ccc(F)cc4)C(=O)OCCCCCCCCCCCC)[C@@](OCC=C)(O2)[C@H]31. The van der Waals surface area contributed by atoms with Crippen LogP contribution in [0.15, 0.2) is 84.6 Å². The van der Waals surface area contributed by atoms with Crippen molar-refractivity contribution in [1.29, 1.82) is 0 Å². The highest BCUT2D eigenvalue weighted by molar-refractivity contribution is 6.03. The van der Waals surface area contributed by atoms with E-state index in [0.717, 1.165) is 68.9 Å². The van der Waals surface area contributed by atoms with E-state index in [0.29, 0.717) is 55.3 Å². The number of carbonyl (C=O) groups excluding carboxylic acids is 1. The maximum atomic E-state index is 15.0. The molecule has 2 aromatic carbocycles. The van der Waals surface area contributed by atoms with Crippen LogP contribution in [0, 0.1) is 23.6 Å². The van der Waals surface area contributed by atoms with Crippen molar-refractivity contribution in [3.05, 3.63) is 96.4 Å². The third kappa shape index (κ3) is 14.2. The van der Waals surface area contributed by atoms with Crippen LogP contribution in [-0.4, -0.2) is 84.7 Å². The summed E-state index contributed by atoms with van der Waals surface area (Å²) < 4.78 is 47.4. The van der Waals surface area contributed by atoms with Gasteiger partial charge in [0.15, 0.2) is 0 Å². The Hall–Kier alpha value is -4.23. The van der Waals surface area contributed by atoms with Crippen LogP contribution in [0.25, 0.3) is 0 Å². The zero-order valence-electron chi connectivity index (χ0n) is 40.3. The van der Waals surface area contributed by atoms with Gasteiger partial charge in [-0.3, -0.25) is 4.90 Å². The quantitative estimate of drug-likeness (QED) is 0.0447. The Bertz CT molecular complexity index is 1880. The van der Waals surface area contributed by atoms with Crippen LogP contribution in [0.3, 0.4) is 0 Å². The summed E-state index contributed by atoms with van der Waals surface area (Å²) in [6.45, 7) is 11.7. The molecule has 4 aliphatic rings. The van der Waals surface area contributed by atoms with Crippen molar-refractivity contribution in [2.24, 2.45) is 22.9 Å². The van der Waals surface area contributed by atoms with Crippen LogP contribution in [-0.2, 0) is 25.6 Å². The van der Waals surface area contributed by atoms with E-state index < -0.39 is 30.1 Å². The number of ether oxygens (including phenoxy) is 5. The normalized spacial score (nSPS) is 24.7. The number of hydrogen-bond acceptors (Lipinski definition) is 10. The van der Waals surface area contributed by atoms with Crippen molar-refractivity contribution in [2.75, 3.05) is 39.6 Å². The molecule has 1 saturated carbocycles. The lowest BCUT2D eigenvalue weighted by Gasteiger charge is -2.60. The summed E-state index contributed by atoms with van der Waals surface area (Å²) in [5, 5.41) is 24.9. The third-order valence-corrected chi connectivity index (χ3v) is 14.0. The number of unbranched alkanes of at least 4 members (excludes halogenated alkanes) is 11. The minimum absolute atomic E-state index is 0.0411. The summed E-state index contributed by atoms with van der Waals surface area (Å²) in [7, 11) is 0. The van der Waals surface area contributed by atoms with E-state index in [1.54, 1.807) is 29.2 Å². The molecule has 11 nitrogen and oxygen atoms in total. The van der Waals surface area contributed by atoms with Gasteiger partial charge >= 0.3 is 6.09 Å². The summed E-state index contributed by atoms with van der Waals surface area (Å²) in [6.07, 6.45) is 23.7. The molecule has 0 bridgehead atoms. The first-order valence-corrected chi connectivity index (χ1v) is 25.6. The molecule has 370 valence electrons. The molecule has 0 radical (unpaired) electrons. The average molecular weight is 931 g/mol. The van der Waals surface area contributed by atoms with Gasteiger partial charge in [0.1, 0.15) is 30.0 Å². The molecule has 1 amide bonds. The number of aliphatic hydroxyl groups excluding tert-OH is 2. The van der Waals surface area contributed by atoms with Crippen molar-refractivity contribution in [1.82, 2.24) is 4.90 Å². The monoisotopic (exact) mass is 931 g/mol. The van der Waals surface area contributed by atoms with Gasteiger partial charge in [-0.05, 0) is 98.2 Å². The van der Waals surface area contributed by atoms with Crippen molar-refractivity contribution in [3.63, 3.8) is 0 Å². The summed E-state index contributed by atoms with van der Waals surface area (Å²) in [5.74, 6) is -1.19. The molecule has 2 aliphatic carbocycles. The van der Waals surface area contributed by atoms with Gasteiger partial charge in [0.05, 0.1) is 31.5 Å². The van der Waals surface area contributed by atoms with Crippen LogP contribution in [0.5, 0.6) is 11.5 Å². The molecule has 1 saturated heterocycles. The second-order valence-electron chi connectivity index (χ2n) is 18.8. The maximum Gasteiger partial charge on any atom is 0.410 e. The second-order valence-corrected chi connectivity index (χ2v) is 18.8. The first-order valence-electron chi connectivity index (χ1n) is 25.6. The minimum atomic E-state index is -1.48. The molecule has 1 unspecified atom stereocenters. The van der Waals surface area contributed by atoms with Crippen molar-refractivity contribution >= 4 is 11.8 Å². The van der Waals surface area contributed by atoms with E-state index >= 15 is 0 Å². The molecule has 2 heterocycles. The van der Waals surface area contributed by atoms with Gasteiger partial charge in [-0.1, -0.05) is 120 Å². The van der Waals surface area contributed by atoms with Crippen molar-refractivity contribution in [3.8, 4) is 11.5 Å². The molecule has 6 rings (SSSR count). The van der Waals surface area contributed by atoms with Gasteiger partial charge in [0, 0.05) is 44.1 Å². The van der Waals surface area contributed by atoms with E-state index in [9.17, 15) is 19.4 Å². The fraction of sp³-hybridized carbons (Fsp3) is 0.636. The Balaban J connectivity index is 1.45. The van der Waals surface area contributed by atoms with Gasteiger partial charge in [-0.15, -0.1) is 6.58 Å². The fourth-order valence-electron chi connectivity index (χ4n) is 10.7. The molecular formula is C55H79FN2O9. The van der Waals surface area contributed by atoms with Crippen molar-refractivity contribution in [2.45, 2.75) is 166 Å². The molecule has 0 spiro atoms. The molecule has 7 atom stereocenters. The van der Waals surface area contributed by atoms with Crippen LogP contribution < -0.4 is 9.47 Å². The highest BCUT2D eigenvalue weighted by Crippen LogP contribution is 2.62. The maximum absolute atomic E-state index is 15.0. The van der Waals surface area contributed by atoms with Gasteiger partial charge in [-0.2, -0.15) is 0 Å². The second kappa shape index (κ2) is 27.7. The number of nitrogens with zero attached hydrogens (tertiary/aromatic N) is 2. The average Bonchev–Trinajstić information content (AvgIpc) is 3.35. The number of halogens is 1. The lowest BCUT2D eigenvalue weighted by atomic mass is 9.55. The lowest BCUT2D eigenvalue weighted by molar-refractivity contribution is -0.256. The van der Waals surface area contributed by atoms with E-state index in [1.807, 2.05) is 12.1 Å². The van der Waals surface area contributed by atoms with E-state index in [4.69, 9.17) is 33.7 Å². The molecule has 2 aliphatic heterocycles. The Kier molecular flexibility index (Phi) is 21.5. The van der Waals surface area contributed by atoms with Crippen LogP contribution in [0.2, 0.25) is 0 Å². The predicted molar refractivity (Wildman–Crippen MR) is 260 cm³/mol. The number of rotatable bonds is 30. The summed E-state index contributed by atoms with van der Waals surface area (Å²) >= 11 is 0. The van der Waals surface area contributed by atoms with Crippen LogP contribution in [0.1, 0.15) is 152 Å². The van der Waals surface area contributed by atoms with E-state index in [-0.39, 0.29) is 63.0 Å². The third-order valence-electron chi connectivity index (χ3n) is 14.0. The first-order chi connectivity index (χ1) is 32.9. The lowest BCUT2D eigenvalue weighted by Crippen LogP contribution is -2.70. The summed E-state index contributed by atoms with van der Waals surface area (Å²) in [4.78, 5) is 23.0. The molecule has 2 fully saturated rings. The smallest absolute Gasteiger partial charge is 0.410 e. The number of benzene rings is 2. The highest BCUT2D eigenvalue weighted by Gasteiger charge is 2.65. The zero-order valence-corrected chi connectivity index (χ0v) is 40.3. The number of oxime groups is 1. The standard InChI is InChI=1S/C55H79FN2O9/c1-4-7-8-9-10-11-12-13-14-20-36-64-54(61)58(40-41-25-27-43(56)28-26-41)50-39-48(57-67-51-24-17-21-35-63-51)46-37-42(22-15-18-31-59)45(23-16-19-32-60)52-47-38-44(62-33-5-2)29-30-49(47)66-55(50,53(46)52)65-34-6-3/h5-6,25-30,37-38,42,45,50-53,59-60H,2-4,7-24,31-36,39-40H2,1H3/t42-,45+,50-,51?,52+,53+,55+/m0/s1. The topological polar surface area (TPSA) is 129 Å². The molecule has 2 aromatic rings. The molecule has 2 N–H and O–H groups in total.